The van der Waals surface area contributed by atoms with Crippen LogP contribution < -0.4 is 10.2 Å². The number of carbonyl (C=O) groups is 2. The summed E-state index contributed by atoms with van der Waals surface area (Å²) >= 11 is 1.48. The van der Waals surface area contributed by atoms with Crippen LogP contribution in [0.5, 0.6) is 0 Å². The van der Waals surface area contributed by atoms with Crippen LogP contribution in [0.2, 0.25) is 0 Å². The maximum atomic E-state index is 11.7. The van der Waals surface area contributed by atoms with Gasteiger partial charge in [0.1, 0.15) is 11.1 Å². The summed E-state index contributed by atoms with van der Waals surface area (Å²) in [5.41, 5.74) is 0. The fourth-order valence-corrected chi connectivity index (χ4v) is 2.52. The lowest BCUT2D eigenvalue weighted by atomic mass is 10.3. The first-order chi connectivity index (χ1) is 9.70. The minimum atomic E-state index is -0.468. The van der Waals surface area contributed by atoms with Gasteiger partial charge < -0.3 is 14.8 Å². The number of rotatable bonds is 6. The fraction of sp³-hybridized carbons (Fsp3) is 0.538. The minimum Gasteiger partial charge on any atom is -0.450 e. The SMILES string of the molecule is CCCCOC(=O)NCC1CN(c2cccs2)C(=O)O1. The van der Waals surface area contributed by atoms with E-state index in [1.165, 1.54) is 11.3 Å². The van der Waals surface area contributed by atoms with Gasteiger partial charge in [0.25, 0.3) is 0 Å². The summed E-state index contributed by atoms with van der Waals surface area (Å²) < 4.78 is 10.2. The molecule has 0 radical (unpaired) electrons. The van der Waals surface area contributed by atoms with Gasteiger partial charge in [-0.25, -0.2) is 9.59 Å². The zero-order chi connectivity index (χ0) is 14.4. The lowest BCUT2D eigenvalue weighted by Gasteiger charge is -2.11. The largest absolute Gasteiger partial charge is 0.450 e. The number of unbranched alkanes of at least 4 members (excludes halogenated alkanes) is 1. The van der Waals surface area contributed by atoms with Crippen LogP contribution in [0.1, 0.15) is 19.8 Å². The number of nitrogens with one attached hydrogen (secondary N) is 1. The zero-order valence-corrected chi connectivity index (χ0v) is 12.1. The van der Waals surface area contributed by atoms with Crippen molar-refractivity contribution in [3.8, 4) is 0 Å². The van der Waals surface area contributed by atoms with Gasteiger partial charge in [-0.3, -0.25) is 4.90 Å². The summed E-state index contributed by atoms with van der Waals surface area (Å²) in [6, 6.07) is 3.74. The normalized spacial score (nSPS) is 17.9. The molecule has 0 aromatic carbocycles. The standard InChI is InChI=1S/C13H18N2O4S/c1-2-3-6-18-12(16)14-8-10-9-15(13(17)19-10)11-5-4-7-20-11/h4-5,7,10H,2-3,6,8-9H2,1H3,(H,14,16). The highest BCUT2D eigenvalue weighted by molar-refractivity contribution is 7.14. The molecule has 1 aliphatic heterocycles. The van der Waals surface area contributed by atoms with Crippen molar-refractivity contribution in [3.63, 3.8) is 0 Å². The molecular weight excluding hydrogens is 280 g/mol. The van der Waals surface area contributed by atoms with E-state index >= 15 is 0 Å². The van der Waals surface area contributed by atoms with Gasteiger partial charge >= 0.3 is 12.2 Å². The third-order valence-corrected chi connectivity index (χ3v) is 3.74. The van der Waals surface area contributed by atoms with Gasteiger partial charge in [-0.2, -0.15) is 0 Å². The van der Waals surface area contributed by atoms with E-state index in [9.17, 15) is 9.59 Å². The molecule has 20 heavy (non-hydrogen) atoms. The lowest BCUT2D eigenvalue weighted by Crippen LogP contribution is -2.35. The molecule has 110 valence electrons. The number of hydrogen-bond acceptors (Lipinski definition) is 5. The smallest absolute Gasteiger partial charge is 0.415 e. The van der Waals surface area contributed by atoms with Crippen LogP contribution in [0.3, 0.4) is 0 Å². The monoisotopic (exact) mass is 298 g/mol. The summed E-state index contributed by atoms with van der Waals surface area (Å²) in [6.07, 6.45) is 0.632. The molecule has 1 saturated heterocycles. The predicted molar refractivity (Wildman–Crippen MR) is 76.2 cm³/mol. The minimum absolute atomic E-state index is 0.262. The predicted octanol–water partition coefficient (Wildman–Crippen LogP) is 2.60. The second kappa shape index (κ2) is 7.14. The van der Waals surface area contributed by atoms with Gasteiger partial charge in [-0.1, -0.05) is 13.3 Å². The average molecular weight is 298 g/mol. The summed E-state index contributed by atoms with van der Waals surface area (Å²) in [7, 11) is 0. The molecule has 1 fully saturated rings. The fourth-order valence-electron chi connectivity index (χ4n) is 1.79. The molecule has 6 nitrogen and oxygen atoms in total. The molecule has 1 N–H and O–H groups in total. The number of cyclic esters (lactones) is 1. The lowest BCUT2D eigenvalue weighted by molar-refractivity contribution is 0.124. The van der Waals surface area contributed by atoms with E-state index in [0.29, 0.717) is 13.2 Å². The first kappa shape index (κ1) is 14.6. The molecule has 2 heterocycles. The Labute approximate surface area is 121 Å². The maximum Gasteiger partial charge on any atom is 0.415 e. The van der Waals surface area contributed by atoms with E-state index in [1.807, 2.05) is 24.4 Å². The summed E-state index contributed by atoms with van der Waals surface area (Å²) in [5.74, 6) is 0. The van der Waals surface area contributed by atoms with Gasteiger partial charge in [0.2, 0.25) is 0 Å². The van der Waals surface area contributed by atoms with Crippen LogP contribution in [-0.2, 0) is 9.47 Å². The number of thiophene rings is 1. The van der Waals surface area contributed by atoms with Crippen molar-refractivity contribution in [1.82, 2.24) is 5.32 Å². The third kappa shape index (κ3) is 3.86. The van der Waals surface area contributed by atoms with Crippen LogP contribution in [0.4, 0.5) is 14.6 Å². The van der Waals surface area contributed by atoms with Gasteiger partial charge in [0, 0.05) is 0 Å². The van der Waals surface area contributed by atoms with Gasteiger partial charge in [0.05, 0.1) is 19.7 Å². The number of ether oxygens (including phenoxy) is 2. The number of alkyl carbamates (subject to hydrolysis) is 1. The Morgan fingerprint density at radius 1 is 1.65 bits per heavy atom. The van der Waals surface area contributed by atoms with Crippen molar-refractivity contribution in [3.05, 3.63) is 17.5 Å². The molecule has 0 spiro atoms. The molecule has 2 amide bonds. The van der Waals surface area contributed by atoms with Crippen molar-refractivity contribution in [2.75, 3.05) is 24.6 Å². The van der Waals surface area contributed by atoms with Crippen LogP contribution >= 0.6 is 11.3 Å². The Balaban J connectivity index is 1.73. The van der Waals surface area contributed by atoms with Crippen LogP contribution in [0.15, 0.2) is 17.5 Å². The number of hydrogen-bond donors (Lipinski definition) is 1. The number of anilines is 1. The Morgan fingerprint density at radius 3 is 3.20 bits per heavy atom. The molecule has 1 aromatic rings. The first-order valence-corrected chi connectivity index (χ1v) is 7.51. The quantitative estimate of drug-likeness (QED) is 0.820. The van der Waals surface area contributed by atoms with E-state index in [1.54, 1.807) is 4.90 Å². The van der Waals surface area contributed by atoms with E-state index < -0.39 is 6.09 Å². The van der Waals surface area contributed by atoms with Crippen LogP contribution in [0, 0.1) is 0 Å². The second-order valence-electron chi connectivity index (χ2n) is 4.44. The third-order valence-electron chi connectivity index (χ3n) is 2.85. The number of carbonyl (C=O) groups excluding carboxylic acids is 2. The summed E-state index contributed by atoms with van der Waals surface area (Å²) in [4.78, 5) is 24.7. The summed E-state index contributed by atoms with van der Waals surface area (Å²) in [5, 5.41) is 5.36. The van der Waals surface area contributed by atoms with E-state index in [2.05, 4.69) is 5.32 Å². The topological polar surface area (TPSA) is 67.9 Å². The summed E-state index contributed by atoms with van der Waals surface area (Å²) in [6.45, 7) is 3.14. The average Bonchev–Trinajstić information content (AvgIpc) is 3.06. The highest BCUT2D eigenvalue weighted by atomic mass is 32.1. The molecular formula is C13H18N2O4S. The molecule has 0 bridgehead atoms. The van der Waals surface area contributed by atoms with E-state index in [0.717, 1.165) is 17.8 Å². The molecule has 1 aromatic heterocycles. The van der Waals surface area contributed by atoms with Crippen molar-refractivity contribution >= 4 is 28.5 Å². The molecule has 1 unspecified atom stereocenters. The van der Waals surface area contributed by atoms with Gasteiger partial charge in [-0.05, 0) is 23.9 Å². The number of nitrogens with zero attached hydrogens (tertiary/aromatic N) is 1. The molecule has 0 aliphatic carbocycles. The Kier molecular flexibility index (Phi) is 5.23. The number of amides is 2. The van der Waals surface area contributed by atoms with Crippen molar-refractivity contribution in [2.45, 2.75) is 25.9 Å². The van der Waals surface area contributed by atoms with Gasteiger partial charge in [0.15, 0.2) is 0 Å². The molecule has 1 aliphatic rings. The highest BCUT2D eigenvalue weighted by Gasteiger charge is 2.33. The van der Waals surface area contributed by atoms with E-state index in [-0.39, 0.29) is 18.7 Å². The molecule has 2 rings (SSSR count). The van der Waals surface area contributed by atoms with Crippen molar-refractivity contribution in [2.24, 2.45) is 0 Å². The Hall–Kier alpha value is -1.76. The maximum absolute atomic E-state index is 11.7. The highest BCUT2D eigenvalue weighted by Crippen LogP contribution is 2.25. The van der Waals surface area contributed by atoms with Crippen LogP contribution in [-0.4, -0.2) is 38.0 Å². The van der Waals surface area contributed by atoms with Crippen molar-refractivity contribution in [1.29, 1.82) is 0 Å². The first-order valence-electron chi connectivity index (χ1n) is 6.63. The van der Waals surface area contributed by atoms with Crippen molar-refractivity contribution < 1.29 is 19.1 Å². The second-order valence-corrected chi connectivity index (χ2v) is 5.36. The molecule has 1 atom stereocenters. The van der Waals surface area contributed by atoms with E-state index in [4.69, 9.17) is 9.47 Å². The Bertz CT molecular complexity index is 449. The molecule has 7 heteroatoms. The Morgan fingerprint density at radius 2 is 2.50 bits per heavy atom. The zero-order valence-electron chi connectivity index (χ0n) is 11.3. The molecule has 0 saturated carbocycles. The van der Waals surface area contributed by atoms with Gasteiger partial charge in [-0.15, -0.1) is 11.3 Å². The van der Waals surface area contributed by atoms with Crippen LogP contribution in [0.25, 0.3) is 0 Å².